The minimum atomic E-state index is 0.217. The van der Waals surface area contributed by atoms with Crippen molar-refractivity contribution in [2.75, 3.05) is 13.2 Å². The van der Waals surface area contributed by atoms with Crippen molar-refractivity contribution in [2.45, 2.75) is 19.8 Å². The Labute approximate surface area is 101 Å². The predicted molar refractivity (Wildman–Crippen MR) is 68.3 cm³/mol. The van der Waals surface area contributed by atoms with Crippen LogP contribution in [0.15, 0.2) is 30.5 Å². The Balaban J connectivity index is 2.46. The number of pyridine rings is 1. The van der Waals surface area contributed by atoms with E-state index in [-0.39, 0.29) is 6.61 Å². The third kappa shape index (κ3) is 2.56. The lowest BCUT2D eigenvalue weighted by Gasteiger charge is -2.10. The third-order valence-corrected chi connectivity index (χ3v) is 2.73. The summed E-state index contributed by atoms with van der Waals surface area (Å²) in [7, 11) is 0. The zero-order chi connectivity index (χ0) is 12.1. The first-order valence-corrected chi connectivity index (χ1v) is 5.97. The fraction of sp³-hybridized carbons (Fsp3) is 0.357. The van der Waals surface area contributed by atoms with Crippen LogP contribution in [0.25, 0.3) is 10.9 Å². The Morgan fingerprint density at radius 2 is 2.18 bits per heavy atom. The maximum Gasteiger partial charge on any atom is 0.145 e. The van der Waals surface area contributed by atoms with Crippen LogP contribution in [0.4, 0.5) is 0 Å². The number of aryl methyl sites for hydroxylation is 1. The molecular formula is C14H17NO2. The lowest BCUT2D eigenvalue weighted by Crippen LogP contribution is -1.97. The van der Waals surface area contributed by atoms with Crippen LogP contribution in [-0.4, -0.2) is 23.3 Å². The molecule has 0 saturated carbocycles. The second-order valence-corrected chi connectivity index (χ2v) is 3.88. The van der Waals surface area contributed by atoms with E-state index >= 15 is 0 Å². The summed E-state index contributed by atoms with van der Waals surface area (Å²) >= 11 is 0. The average molecular weight is 231 g/mol. The molecule has 1 aromatic heterocycles. The molecule has 17 heavy (non-hydrogen) atoms. The molecule has 3 heteroatoms. The fourth-order valence-electron chi connectivity index (χ4n) is 1.97. The van der Waals surface area contributed by atoms with Crippen molar-refractivity contribution in [1.82, 2.24) is 4.98 Å². The smallest absolute Gasteiger partial charge is 0.145 e. The topological polar surface area (TPSA) is 42.4 Å². The van der Waals surface area contributed by atoms with Gasteiger partial charge in [0.15, 0.2) is 0 Å². The van der Waals surface area contributed by atoms with Gasteiger partial charge in [-0.1, -0.05) is 12.1 Å². The molecule has 0 amide bonds. The number of fused-ring (bicyclic) bond motifs is 1. The normalized spacial score (nSPS) is 10.7. The number of hydrogen-bond donors (Lipinski definition) is 1. The summed E-state index contributed by atoms with van der Waals surface area (Å²) in [5.74, 6) is 0.829. The molecule has 0 bridgehead atoms. The summed E-state index contributed by atoms with van der Waals surface area (Å²) in [4.78, 5) is 4.38. The Morgan fingerprint density at radius 3 is 2.94 bits per heavy atom. The Morgan fingerprint density at radius 1 is 1.29 bits per heavy atom. The molecule has 90 valence electrons. The van der Waals surface area contributed by atoms with Crippen LogP contribution in [0.1, 0.15) is 18.9 Å². The largest absolute Gasteiger partial charge is 0.492 e. The van der Waals surface area contributed by atoms with Gasteiger partial charge in [0.1, 0.15) is 11.3 Å². The number of rotatable bonds is 5. The number of nitrogens with zero attached hydrogens (tertiary/aromatic N) is 1. The molecule has 2 aromatic rings. The number of aliphatic hydroxyl groups is 1. The molecular weight excluding hydrogens is 214 g/mol. The SMILES string of the molecule is CCOc1ccc(CCCO)c2cccnc12. The van der Waals surface area contributed by atoms with Crippen LogP contribution in [0.2, 0.25) is 0 Å². The monoisotopic (exact) mass is 231 g/mol. The first-order chi connectivity index (χ1) is 8.36. The van der Waals surface area contributed by atoms with Gasteiger partial charge in [0, 0.05) is 18.2 Å². The first-order valence-electron chi connectivity index (χ1n) is 5.97. The summed E-state index contributed by atoms with van der Waals surface area (Å²) in [6.07, 6.45) is 3.42. The summed E-state index contributed by atoms with van der Waals surface area (Å²) in [6.45, 7) is 2.82. The number of ether oxygens (including phenoxy) is 1. The average Bonchev–Trinajstić information content (AvgIpc) is 2.38. The van der Waals surface area contributed by atoms with Gasteiger partial charge in [-0.3, -0.25) is 4.98 Å². The minimum absolute atomic E-state index is 0.217. The Bertz CT molecular complexity index is 497. The maximum atomic E-state index is 8.90. The molecule has 1 N–H and O–H groups in total. The van der Waals surface area contributed by atoms with Gasteiger partial charge in [0.05, 0.1) is 6.61 Å². The summed E-state index contributed by atoms with van der Waals surface area (Å²) in [6, 6.07) is 8.01. The molecule has 0 fully saturated rings. The molecule has 0 saturated heterocycles. The van der Waals surface area contributed by atoms with Gasteiger partial charge in [-0.2, -0.15) is 0 Å². The van der Waals surface area contributed by atoms with Crippen LogP contribution in [0.3, 0.4) is 0 Å². The second-order valence-electron chi connectivity index (χ2n) is 3.88. The van der Waals surface area contributed by atoms with Gasteiger partial charge >= 0.3 is 0 Å². The minimum Gasteiger partial charge on any atom is -0.492 e. The van der Waals surface area contributed by atoms with E-state index in [2.05, 4.69) is 17.1 Å². The van der Waals surface area contributed by atoms with Gasteiger partial charge in [0.25, 0.3) is 0 Å². The summed E-state index contributed by atoms with van der Waals surface area (Å²) < 4.78 is 5.57. The second kappa shape index (κ2) is 5.64. The molecule has 0 unspecified atom stereocenters. The van der Waals surface area contributed by atoms with Crippen LogP contribution >= 0.6 is 0 Å². The molecule has 2 rings (SSSR count). The van der Waals surface area contributed by atoms with E-state index in [1.54, 1.807) is 6.20 Å². The summed E-state index contributed by atoms with van der Waals surface area (Å²) in [5.41, 5.74) is 2.12. The van der Waals surface area contributed by atoms with Gasteiger partial charge in [-0.05, 0) is 37.5 Å². The van der Waals surface area contributed by atoms with Gasteiger partial charge < -0.3 is 9.84 Å². The highest BCUT2D eigenvalue weighted by Crippen LogP contribution is 2.27. The highest BCUT2D eigenvalue weighted by molar-refractivity contribution is 5.87. The standard InChI is InChI=1S/C14H17NO2/c1-2-17-13-8-7-11(5-4-10-16)12-6-3-9-15-14(12)13/h3,6-9,16H,2,4-5,10H2,1H3. The number of hydrogen-bond acceptors (Lipinski definition) is 3. The van der Waals surface area contributed by atoms with Crippen molar-refractivity contribution in [1.29, 1.82) is 0 Å². The zero-order valence-corrected chi connectivity index (χ0v) is 10.0. The lowest BCUT2D eigenvalue weighted by atomic mass is 10.0. The molecule has 0 radical (unpaired) electrons. The lowest BCUT2D eigenvalue weighted by molar-refractivity contribution is 0.288. The van der Waals surface area contributed by atoms with Crippen LogP contribution in [-0.2, 0) is 6.42 Å². The highest BCUT2D eigenvalue weighted by Gasteiger charge is 2.07. The molecule has 0 aliphatic carbocycles. The molecule has 1 aromatic carbocycles. The van der Waals surface area contributed by atoms with E-state index in [1.165, 1.54) is 5.56 Å². The quantitative estimate of drug-likeness (QED) is 0.860. The fourth-order valence-corrected chi connectivity index (χ4v) is 1.97. The van der Waals surface area contributed by atoms with Gasteiger partial charge in [-0.15, -0.1) is 0 Å². The van der Waals surface area contributed by atoms with Crippen molar-refractivity contribution in [2.24, 2.45) is 0 Å². The van der Waals surface area contributed by atoms with E-state index in [9.17, 15) is 0 Å². The van der Waals surface area contributed by atoms with Gasteiger partial charge in [0.2, 0.25) is 0 Å². The molecule has 3 nitrogen and oxygen atoms in total. The van der Waals surface area contributed by atoms with Crippen molar-refractivity contribution in [3.05, 3.63) is 36.0 Å². The zero-order valence-electron chi connectivity index (χ0n) is 10.0. The van der Waals surface area contributed by atoms with Gasteiger partial charge in [-0.25, -0.2) is 0 Å². The number of aliphatic hydroxyl groups excluding tert-OH is 1. The van der Waals surface area contributed by atoms with Crippen LogP contribution in [0, 0.1) is 0 Å². The summed E-state index contributed by atoms with van der Waals surface area (Å²) in [5, 5.41) is 10.0. The van der Waals surface area contributed by atoms with E-state index in [0.29, 0.717) is 6.61 Å². The highest BCUT2D eigenvalue weighted by atomic mass is 16.5. The number of aromatic nitrogens is 1. The van der Waals surface area contributed by atoms with Crippen molar-refractivity contribution < 1.29 is 9.84 Å². The van der Waals surface area contributed by atoms with Crippen molar-refractivity contribution in [3.63, 3.8) is 0 Å². The Kier molecular flexibility index (Phi) is 3.94. The molecule has 0 aliphatic rings. The van der Waals surface area contributed by atoms with Crippen molar-refractivity contribution in [3.8, 4) is 5.75 Å². The first kappa shape index (κ1) is 11.9. The van der Waals surface area contributed by atoms with E-state index in [0.717, 1.165) is 29.5 Å². The maximum absolute atomic E-state index is 8.90. The molecule has 1 heterocycles. The molecule has 0 aliphatic heterocycles. The van der Waals surface area contributed by atoms with Crippen molar-refractivity contribution >= 4 is 10.9 Å². The van der Waals surface area contributed by atoms with E-state index in [1.807, 2.05) is 19.1 Å². The third-order valence-electron chi connectivity index (χ3n) is 2.73. The van der Waals surface area contributed by atoms with E-state index in [4.69, 9.17) is 9.84 Å². The predicted octanol–water partition coefficient (Wildman–Crippen LogP) is 2.56. The Hall–Kier alpha value is -1.61. The van der Waals surface area contributed by atoms with Crippen LogP contribution in [0.5, 0.6) is 5.75 Å². The van der Waals surface area contributed by atoms with E-state index < -0.39 is 0 Å². The molecule has 0 spiro atoms. The van der Waals surface area contributed by atoms with Crippen LogP contribution < -0.4 is 4.74 Å². The number of benzene rings is 1. The molecule has 0 atom stereocenters.